The smallest absolute Gasteiger partial charge is 0.223 e. The van der Waals surface area contributed by atoms with Gasteiger partial charge in [-0.25, -0.2) is 0 Å². The van der Waals surface area contributed by atoms with Crippen molar-refractivity contribution < 1.29 is 28.9 Å². The molecule has 5 atom stereocenters. The van der Waals surface area contributed by atoms with Crippen molar-refractivity contribution in [1.82, 2.24) is 5.32 Å². The van der Waals surface area contributed by atoms with E-state index < -0.39 is 24.0 Å². The summed E-state index contributed by atoms with van der Waals surface area (Å²) in [6.07, 6.45) is 1.93. The SMILES string of the molecule is COCCCOc1cc(C([C@@H](C)C(=O)NCCCCC(N)=O)[C@H](O)[C@@H](N)C[C@H](C)C(C)C)ccc1OC. The summed E-state index contributed by atoms with van der Waals surface area (Å²) in [4.78, 5) is 24.1. The summed E-state index contributed by atoms with van der Waals surface area (Å²) < 4.78 is 16.5. The van der Waals surface area contributed by atoms with Gasteiger partial charge in [-0.15, -0.1) is 0 Å². The number of aliphatic hydroxyl groups excluding tert-OH is 1. The second kappa shape index (κ2) is 17.2. The Hall–Kier alpha value is -2.36. The molecule has 1 aromatic rings. The highest BCUT2D eigenvalue weighted by atomic mass is 16.5. The zero-order valence-corrected chi connectivity index (χ0v) is 23.5. The highest BCUT2D eigenvalue weighted by molar-refractivity contribution is 5.79. The van der Waals surface area contributed by atoms with Crippen LogP contribution < -0.4 is 26.3 Å². The molecule has 1 rings (SSSR count). The Bertz CT molecular complexity index is 819. The second-order valence-corrected chi connectivity index (χ2v) is 10.2. The third kappa shape index (κ3) is 11.3. The molecule has 37 heavy (non-hydrogen) atoms. The van der Waals surface area contributed by atoms with E-state index in [-0.39, 0.29) is 18.2 Å². The third-order valence-electron chi connectivity index (χ3n) is 7.01. The summed E-state index contributed by atoms with van der Waals surface area (Å²) in [5.74, 6) is 0.169. The molecule has 6 N–H and O–H groups in total. The van der Waals surface area contributed by atoms with E-state index in [4.69, 9.17) is 25.7 Å². The van der Waals surface area contributed by atoms with Crippen LogP contribution in [-0.4, -0.2) is 63.0 Å². The van der Waals surface area contributed by atoms with E-state index in [1.165, 1.54) is 0 Å². The van der Waals surface area contributed by atoms with Crippen molar-refractivity contribution in [2.75, 3.05) is 34.0 Å². The predicted octanol–water partition coefficient (Wildman–Crippen LogP) is 2.97. The van der Waals surface area contributed by atoms with E-state index in [0.717, 1.165) is 5.56 Å². The molecular formula is C28H49N3O6. The number of primary amides is 1. The van der Waals surface area contributed by atoms with Crippen LogP contribution in [0.4, 0.5) is 0 Å². The van der Waals surface area contributed by atoms with E-state index in [2.05, 4.69) is 26.1 Å². The van der Waals surface area contributed by atoms with Crippen molar-refractivity contribution in [3.63, 3.8) is 0 Å². The van der Waals surface area contributed by atoms with E-state index in [9.17, 15) is 14.7 Å². The molecule has 1 unspecified atom stereocenters. The number of nitrogens with two attached hydrogens (primary N) is 2. The van der Waals surface area contributed by atoms with Crippen LogP contribution in [0.15, 0.2) is 18.2 Å². The molecule has 0 bridgehead atoms. The molecule has 0 aliphatic carbocycles. The topological polar surface area (TPSA) is 146 Å². The lowest BCUT2D eigenvalue weighted by Gasteiger charge is -2.34. The molecule has 0 heterocycles. The summed E-state index contributed by atoms with van der Waals surface area (Å²) in [6, 6.07) is 4.96. The monoisotopic (exact) mass is 523 g/mol. The van der Waals surface area contributed by atoms with E-state index >= 15 is 0 Å². The molecule has 1 aromatic carbocycles. The molecule has 0 radical (unpaired) electrons. The molecule has 0 aliphatic heterocycles. The first-order valence-corrected chi connectivity index (χ1v) is 13.3. The normalized spacial score (nSPS) is 15.5. The second-order valence-electron chi connectivity index (χ2n) is 10.2. The van der Waals surface area contributed by atoms with Crippen molar-refractivity contribution in [2.24, 2.45) is 29.2 Å². The quantitative estimate of drug-likeness (QED) is 0.204. The van der Waals surface area contributed by atoms with Crippen LogP contribution >= 0.6 is 0 Å². The molecule has 0 aliphatic rings. The summed E-state index contributed by atoms with van der Waals surface area (Å²) in [7, 11) is 3.21. The minimum absolute atomic E-state index is 0.189. The number of benzene rings is 1. The van der Waals surface area contributed by atoms with Gasteiger partial charge in [0.25, 0.3) is 0 Å². The first kappa shape index (κ1) is 32.7. The van der Waals surface area contributed by atoms with Gasteiger partial charge in [-0.3, -0.25) is 9.59 Å². The fourth-order valence-corrected chi connectivity index (χ4v) is 4.25. The lowest BCUT2D eigenvalue weighted by molar-refractivity contribution is -0.126. The molecule has 9 heteroatoms. The number of carbonyl (C=O) groups is 2. The van der Waals surface area contributed by atoms with Crippen LogP contribution in [0.25, 0.3) is 0 Å². The van der Waals surface area contributed by atoms with Crippen molar-refractivity contribution in [3.8, 4) is 11.5 Å². The third-order valence-corrected chi connectivity index (χ3v) is 7.01. The highest BCUT2D eigenvalue weighted by Crippen LogP contribution is 2.37. The van der Waals surface area contributed by atoms with Crippen LogP contribution in [0.2, 0.25) is 0 Å². The van der Waals surface area contributed by atoms with Gasteiger partial charge in [-0.1, -0.05) is 33.8 Å². The number of rotatable bonds is 19. The number of ether oxygens (including phenoxy) is 3. The molecule has 2 amide bonds. The Morgan fingerprint density at radius 1 is 1.03 bits per heavy atom. The maximum atomic E-state index is 13.1. The molecular weight excluding hydrogens is 474 g/mol. The molecule has 9 nitrogen and oxygen atoms in total. The van der Waals surface area contributed by atoms with Gasteiger partial charge in [0.1, 0.15) is 0 Å². The van der Waals surface area contributed by atoms with Gasteiger partial charge in [0, 0.05) is 51.0 Å². The number of amides is 2. The van der Waals surface area contributed by atoms with Crippen molar-refractivity contribution in [2.45, 2.75) is 77.9 Å². The molecule has 212 valence electrons. The van der Waals surface area contributed by atoms with E-state index in [0.29, 0.717) is 68.8 Å². The van der Waals surface area contributed by atoms with Gasteiger partial charge in [0.15, 0.2) is 11.5 Å². The molecule has 0 fully saturated rings. The van der Waals surface area contributed by atoms with Crippen molar-refractivity contribution >= 4 is 11.8 Å². The predicted molar refractivity (Wildman–Crippen MR) is 146 cm³/mol. The zero-order valence-electron chi connectivity index (χ0n) is 23.5. The lowest BCUT2D eigenvalue weighted by Crippen LogP contribution is -2.45. The first-order valence-electron chi connectivity index (χ1n) is 13.3. The Balaban J connectivity index is 3.18. The lowest BCUT2D eigenvalue weighted by atomic mass is 9.77. The van der Waals surface area contributed by atoms with Crippen LogP contribution in [-0.2, 0) is 14.3 Å². The van der Waals surface area contributed by atoms with Crippen LogP contribution in [0.3, 0.4) is 0 Å². The van der Waals surface area contributed by atoms with Gasteiger partial charge in [-0.2, -0.15) is 0 Å². The number of nitrogens with one attached hydrogen (secondary N) is 1. The molecule has 0 aromatic heterocycles. The Morgan fingerprint density at radius 2 is 1.73 bits per heavy atom. The Kier molecular flexibility index (Phi) is 15.2. The maximum absolute atomic E-state index is 13.1. The summed E-state index contributed by atoms with van der Waals surface area (Å²) in [5, 5.41) is 14.4. The average Bonchev–Trinajstić information content (AvgIpc) is 2.86. The first-order chi connectivity index (χ1) is 17.5. The Labute approximate surface area is 222 Å². The van der Waals surface area contributed by atoms with E-state index in [1.807, 2.05) is 12.1 Å². The number of aliphatic hydroxyl groups is 1. The minimum atomic E-state index is -0.952. The maximum Gasteiger partial charge on any atom is 0.223 e. The largest absolute Gasteiger partial charge is 0.493 e. The van der Waals surface area contributed by atoms with Gasteiger partial charge in [-0.05, 0) is 48.8 Å². The molecule has 0 saturated heterocycles. The van der Waals surface area contributed by atoms with Crippen LogP contribution in [0, 0.1) is 17.8 Å². The number of methoxy groups -OCH3 is 2. The highest BCUT2D eigenvalue weighted by Gasteiger charge is 2.36. The van der Waals surface area contributed by atoms with E-state index in [1.54, 1.807) is 27.2 Å². The number of hydrogen-bond donors (Lipinski definition) is 4. The van der Waals surface area contributed by atoms with Gasteiger partial charge < -0.3 is 36.1 Å². The standard InChI is InChI=1S/C28H49N3O6/c1-18(2)19(3)16-22(29)27(33)26(20(4)28(34)31-13-8-7-10-25(30)32)21-11-12-23(36-6)24(17-21)37-15-9-14-35-5/h11-12,17-20,22,26-27,33H,7-10,13-16,29H2,1-6H3,(H2,30,32)(H,31,34)/t19-,20+,22-,26?,27+/m0/s1. The van der Waals surface area contributed by atoms with Crippen molar-refractivity contribution in [3.05, 3.63) is 23.8 Å². The fourth-order valence-electron chi connectivity index (χ4n) is 4.25. The number of unbranched alkanes of at least 4 members (excludes halogenated alkanes) is 1. The summed E-state index contributed by atoms with van der Waals surface area (Å²) in [5.41, 5.74) is 12.4. The van der Waals surface area contributed by atoms with Gasteiger partial charge in [0.05, 0.1) is 19.8 Å². The molecule has 0 spiro atoms. The van der Waals surface area contributed by atoms with Gasteiger partial charge in [0.2, 0.25) is 11.8 Å². The van der Waals surface area contributed by atoms with Crippen LogP contribution in [0.5, 0.6) is 11.5 Å². The minimum Gasteiger partial charge on any atom is -0.493 e. The van der Waals surface area contributed by atoms with Crippen LogP contribution in [0.1, 0.15) is 71.3 Å². The number of hydrogen-bond acceptors (Lipinski definition) is 7. The summed E-state index contributed by atoms with van der Waals surface area (Å²) >= 11 is 0. The fraction of sp³-hybridized carbons (Fsp3) is 0.714. The molecule has 0 saturated carbocycles. The van der Waals surface area contributed by atoms with Crippen molar-refractivity contribution in [1.29, 1.82) is 0 Å². The van der Waals surface area contributed by atoms with Gasteiger partial charge >= 0.3 is 0 Å². The zero-order chi connectivity index (χ0) is 28.0. The summed E-state index contributed by atoms with van der Waals surface area (Å²) in [6.45, 7) is 9.61. The Morgan fingerprint density at radius 3 is 2.32 bits per heavy atom. The average molecular weight is 524 g/mol. The number of carbonyl (C=O) groups excluding carboxylic acids is 2.